The monoisotopic (exact) mass is 737 g/mol. The molecule has 1 spiro atoms. The molecule has 284 valence electrons. The molecule has 2 N–H and O–H groups in total. The number of carbonyl (C=O) groups is 2. The van der Waals surface area contributed by atoms with Gasteiger partial charge in [0, 0.05) is 57.0 Å². The molecule has 13 heteroatoms. The third-order valence-electron chi connectivity index (χ3n) is 10.9. The van der Waals surface area contributed by atoms with Crippen LogP contribution in [0.1, 0.15) is 67.3 Å². The average Bonchev–Trinajstić information content (AvgIpc) is 3.86. The molecule has 2 amide bonds. The number of aliphatic hydroxyl groups is 1. The summed E-state index contributed by atoms with van der Waals surface area (Å²) >= 11 is 0. The van der Waals surface area contributed by atoms with Crippen molar-refractivity contribution >= 4 is 11.8 Å². The summed E-state index contributed by atoms with van der Waals surface area (Å²) in [4.78, 5) is 27.8. The van der Waals surface area contributed by atoms with Crippen molar-refractivity contribution in [2.45, 2.75) is 82.3 Å². The quantitative estimate of drug-likeness (QED) is 0.291. The van der Waals surface area contributed by atoms with Gasteiger partial charge >= 0.3 is 12.1 Å². The van der Waals surface area contributed by atoms with Crippen LogP contribution in [0.2, 0.25) is 0 Å². The van der Waals surface area contributed by atoms with Gasteiger partial charge in [0.15, 0.2) is 12.1 Å². The largest absolute Gasteiger partial charge is 0.471 e. The van der Waals surface area contributed by atoms with Crippen molar-refractivity contribution < 1.29 is 46.8 Å². The lowest BCUT2D eigenvalue weighted by Gasteiger charge is -2.44. The number of alkyl halides is 3. The number of ether oxygens (including phenoxy) is 4. The standard InChI is InChI=1S/C40H46F3N3O7/c1-26-34(24-45-17-14-39(15-18-45)50-19-20-51-39)52-37(53-35(26)29-12-10-27(25-47)11-13-29)32-8-3-7-31(22-32)30-6-2-5-28(21-30)23-44-36(48)33-9-4-16-46(33)38(49)40(41,42)43/h2-3,5-8,10-13,21-22,26,33-35,37,47H,4,9,14-20,23-25H2,1H3,(H,44,48)/t26-,33+,34+,35+,37+/m1/s1. The smallest absolute Gasteiger partial charge is 0.392 e. The van der Waals surface area contributed by atoms with Crippen molar-refractivity contribution in [2.24, 2.45) is 5.92 Å². The van der Waals surface area contributed by atoms with E-state index in [4.69, 9.17) is 18.9 Å². The topological polar surface area (TPSA) is 110 Å². The fourth-order valence-corrected chi connectivity index (χ4v) is 7.92. The molecule has 0 aliphatic carbocycles. The molecule has 53 heavy (non-hydrogen) atoms. The fraction of sp³-hybridized carbons (Fsp3) is 0.500. The normalized spacial score (nSPS) is 26.2. The minimum Gasteiger partial charge on any atom is -0.392 e. The van der Waals surface area contributed by atoms with Crippen LogP contribution < -0.4 is 5.32 Å². The molecule has 4 saturated heterocycles. The maximum Gasteiger partial charge on any atom is 0.471 e. The molecule has 0 unspecified atom stereocenters. The van der Waals surface area contributed by atoms with Crippen molar-refractivity contribution in [1.82, 2.24) is 15.1 Å². The SMILES string of the molecule is C[C@@H]1[C@H](CN2CCC3(CC2)OCCO3)O[C@H](c2cccc(-c3cccc(CNC(=O)[C@@H]4CCCN4C(=O)C(F)(F)F)c3)c2)O[C@@H]1c1ccc(CO)cc1. The van der Waals surface area contributed by atoms with Gasteiger partial charge in [0.05, 0.1) is 32.0 Å². The van der Waals surface area contributed by atoms with Crippen molar-refractivity contribution in [2.75, 3.05) is 39.4 Å². The number of halogens is 3. The minimum atomic E-state index is -5.02. The molecule has 0 aromatic heterocycles. The van der Waals surface area contributed by atoms with Gasteiger partial charge in [0.2, 0.25) is 5.91 Å². The van der Waals surface area contributed by atoms with Crippen LogP contribution in [0.15, 0.2) is 72.8 Å². The highest BCUT2D eigenvalue weighted by molar-refractivity contribution is 5.90. The van der Waals surface area contributed by atoms with E-state index in [9.17, 15) is 27.9 Å². The molecule has 5 atom stereocenters. The van der Waals surface area contributed by atoms with Crippen LogP contribution in [0.3, 0.4) is 0 Å². The van der Waals surface area contributed by atoms with Crippen LogP contribution in [0.5, 0.6) is 0 Å². The Labute approximate surface area is 307 Å². The van der Waals surface area contributed by atoms with Gasteiger partial charge in [-0.25, -0.2) is 0 Å². The molecular weight excluding hydrogens is 691 g/mol. The van der Waals surface area contributed by atoms with Crippen LogP contribution in [0.25, 0.3) is 11.1 Å². The van der Waals surface area contributed by atoms with Gasteiger partial charge in [-0.05, 0) is 52.8 Å². The first-order valence-corrected chi connectivity index (χ1v) is 18.4. The minimum absolute atomic E-state index is 0.0269. The second-order valence-electron chi connectivity index (χ2n) is 14.4. The first-order valence-electron chi connectivity index (χ1n) is 18.4. The average molecular weight is 738 g/mol. The Morgan fingerprint density at radius 2 is 1.58 bits per heavy atom. The van der Waals surface area contributed by atoms with E-state index in [-0.39, 0.29) is 44.2 Å². The van der Waals surface area contributed by atoms with Gasteiger partial charge in [-0.1, -0.05) is 67.6 Å². The number of hydrogen-bond acceptors (Lipinski definition) is 8. The molecule has 0 bridgehead atoms. The van der Waals surface area contributed by atoms with Crippen molar-refractivity contribution in [3.8, 4) is 11.1 Å². The summed E-state index contributed by atoms with van der Waals surface area (Å²) in [5.41, 5.74) is 5.21. The van der Waals surface area contributed by atoms with Gasteiger partial charge in [-0.3, -0.25) is 9.59 Å². The molecule has 7 rings (SSSR count). The van der Waals surface area contributed by atoms with Gasteiger partial charge in [0.1, 0.15) is 6.04 Å². The molecule has 10 nitrogen and oxygen atoms in total. The van der Waals surface area contributed by atoms with Crippen LogP contribution in [0, 0.1) is 5.92 Å². The number of likely N-dealkylation sites (tertiary alicyclic amines) is 2. The number of carbonyl (C=O) groups excluding carboxylic acids is 2. The van der Waals surface area contributed by atoms with Crippen molar-refractivity contribution in [1.29, 1.82) is 0 Å². The second-order valence-corrected chi connectivity index (χ2v) is 14.4. The van der Waals surface area contributed by atoms with Crippen LogP contribution in [-0.2, 0) is 41.7 Å². The molecule has 4 aliphatic rings. The van der Waals surface area contributed by atoms with Gasteiger partial charge < -0.3 is 39.2 Å². The number of amides is 2. The third-order valence-corrected chi connectivity index (χ3v) is 10.9. The maximum atomic E-state index is 13.1. The molecule has 3 aromatic carbocycles. The summed E-state index contributed by atoms with van der Waals surface area (Å²) < 4.78 is 64.6. The number of aliphatic hydroxyl groups excluding tert-OH is 1. The van der Waals surface area contributed by atoms with E-state index in [1.807, 2.05) is 72.8 Å². The zero-order valence-corrected chi connectivity index (χ0v) is 29.7. The van der Waals surface area contributed by atoms with Crippen LogP contribution in [-0.4, -0.2) is 90.2 Å². The van der Waals surface area contributed by atoms with E-state index in [0.717, 1.165) is 65.9 Å². The van der Waals surface area contributed by atoms with E-state index in [1.165, 1.54) is 0 Å². The number of hydrogen-bond donors (Lipinski definition) is 2. The summed E-state index contributed by atoms with van der Waals surface area (Å²) in [6, 6.07) is 22.2. The lowest BCUT2D eigenvalue weighted by atomic mass is 9.89. The summed E-state index contributed by atoms with van der Waals surface area (Å²) in [6.45, 7) is 5.77. The summed E-state index contributed by atoms with van der Waals surface area (Å²) in [5, 5.41) is 12.4. The van der Waals surface area contributed by atoms with E-state index >= 15 is 0 Å². The Hall–Kier alpha value is -3.85. The van der Waals surface area contributed by atoms with Crippen molar-refractivity contribution in [3.63, 3.8) is 0 Å². The Morgan fingerprint density at radius 1 is 0.887 bits per heavy atom. The number of nitrogens with one attached hydrogen (secondary N) is 1. The first kappa shape index (κ1) is 37.5. The van der Waals surface area contributed by atoms with E-state index in [2.05, 4.69) is 17.1 Å². The van der Waals surface area contributed by atoms with Gasteiger partial charge in [-0.2, -0.15) is 13.2 Å². The highest BCUT2D eigenvalue weighted by atomic mass is 19.4. The Balaban J connectivity index is 1.06. The Bertz CT molecular complexity index is 1740. The van der Waals surface area contributed by atoms with E-state index < -0.39 is 36.1 Å². The predicted molar refractivity (Wildman–Crippen MR) is 188 cm³/mol. The predicted octanol–water partition coefficient (Wildman–Crippen LogP) is 5.65. The molecule has 4 fully saturated rings. The van der Waals surface area contributed by atoms with E-state index in [0.29, 0.717) is 24.5 Å². The van der Waals surface area contributed by atoms with E-state index in [1.54, 1.807) is 0 Å². The number of nitrogens with zero attached hydrogens (tertiary/aromatic N) is 2. The molecule has 0 radical (unpaired) electrons. The number of piperidine rings is 1. The summed E-state index contributed by atoms with van der Waals surface area (Å²) in [7, 11) is 0. The zero-order valence-electron chi connectivity index (χ0n) is 29.7. The molecule has 4 aliphatic heterocycles. The third kappa shape index (κ3) is 8.45. The first-order chi connectivity index (χ1) is 25.5. The van der Waals surface area contributed by atoms with Crippen molar-refractivity contribution in [3.05, 3.63) is 95.1 Å². The lowest BCUT2D eigenvalue weighted by Crippen LogP contribution is -2.50. The lowest BCUT2D eigenvalue weighted by molar-refractivity contribution is -0.278. The summed E-state index contributed by atoms with van der Waals surface area (Å²) in [6.07, 6.45) is -3.96. The van der Waals surface area contributed by atoms with Crippen LogP contribution >= 0.6 is 0 Å². The molecule has 0 saturated carbocycles. The maximum absolute atomic E-state index is 13.1. The molecule has 3 aromatic rings. The highest BCUT2D eigenvalue weighted by Gasteiger charge is 2.48. The van der Waals surface area contributed by atoms with Crippen LogP contribution in [0.4, 0.5) is 13.2 Å². The molecule has 4 heterocycles. The number of benzene rings is 3. The van der Waals surface area contributed by atoms with Gasteiger partial charge in [-0.15, -0.1) is 0 Å². The Kier molecular flexibility index (Phi) is 11.2. The summed E-state index contributed by atoms with van der Waals surface area (Å²) in [5.74, 6) is -3.02. The highest BCUT2D eigenvalue weighted by Crippen LogP contribution is 2.43. The zero-order chi connectivity index (χ0) is 37.2. The number of rotatable bonds is 9. The molecular formula is C40H46F3N3O7. The Morgan fingerprint density at radius 3 is 2.28 bits per heavy atom. The fourth-order valence-electron chi connectivity index (χ4n) is 7.92. The van der Waals surface area contributed by atoms with Gasteiger partial charge in [0.25, 0.3) is 0 Å². The second kappa shape index (κ2) is 15.9.